The fraction of sp³-hybridized carbons (Fsp3) is 0.489. The molecule has 0 aliphatic rings. The molecule has 8 atom stereocenters. The summed E-state index contributed by atoms with van der Waals surface area (Å²) in [5, 5.41) is 46.4. The van der Waals surface area contributed by atoms with Crippen molar-refractivity contribution in [2.45, 2.75) is 127 Å². The lowest BCUT2D eigenvalue weighted by Gasteiger charge is -2.28. The number of hydrogen-bond acceptors (Lipinski definition) is 13. The van der Waals surface area contributed by atoms with Gasteiger partial charge in [-0.3, -0.25) is 43.5 Å². The van der Waals surface area contributed by atoms with Crippen molar-refractivity contribution in [2.24, 2.45) is 50.3 Å². The first-order chi connectivity index (χ1) is 34.4. The number of aliphatic hydroxyl groups excluding tert-OH is 1. The number of hydrogen-bond donors (Lipinski definition) is 16. The van der Waals surface area contributed by atoms with Crippen LogP contribution in [0.2, 0.25) is 0 Å². The predicted molar refractivity (Wildman–Crippen MR) is 270 cm³/mol. The van der Waals surface area contributed by atoms with Crippen molar-refractivity contribution in [1.29, 1.82) is 0 Å². The number of amides is 7. The van der Waals surface area contributed by atoms with Crippen LogP contribution in [0.15, 0.2) is 64.7 Å². The average molecular weight is 1020 g/mol. The van der Waals surface area contributed by atoms with E-state index in [9.17, 15) is 53.7 Å². The van der Waals surface area contributed by atoms with Gasteiger partial charge < -0.3 is 86.6 Å². The zero-order valence-corrected chi connectivity index (χ0v) is 41.1. The summed E-state index contributed by atoms with van der Waals surface area (Å²) < 4.78 is 0. The summed E-state index contributed by atoms with van der Waals surface area (Å²) in [7, 11) is 0. The molecule has 0 saturated heterocycles. The van der Waals surface area contributed by atoms with Crippen LogP contribution in [0.25, 0.3) is 10.9 Å². The van der Waals surface area contributed by atoms with Crippen molar-refractivity contribution in [3.8, 4) is 5.75 Å². The van der Waals surface area contributed by atoms with Crippen molar-refractivity contribution in [2.75, 3.05) is 13.1 Å². The second kappa shape index (κ2) is 29.4. The number of phenols is 1. The van der Waals surface area contributed by atoms with Crippen LogP contribution in [0.1, 0.15) is 76.8 Å². The molecule has 26 heteroatoms. The second-order valence-electron chi connectivity index (χ2n) is 17.9. The zero-order valence-electron chi connectivity index (χ0n) is 41.1. The molecule has 3 aromatic rings. The number of para-hydroxylation sites is 1. The largest absolute Gasteiger partial charge is 0.508 e. The molecule has 22 N–H and O–H groups in total. The molecule has 0 radical (unpaired) electrons. The zero-order chi connectivity index (χ0) is 54.4. The van der Waals surface area contributed by atoms with Crippen LogP contribution < -0.4 is 66.3 Å². The highest BCUT2D eigenvalue weighted by atomic mass is 16.4. The number of carbonyl (C=O) groups is 8. The number of nitrogens with one attached hydrogen (secondary N) is 7. The Kier molecular flexibility index (Phi) is 23.9. The normalized spacial score (nSPS) is 14.4. The summed E-state index contributed by atoms with van der Waals surface area (Å²) in [5.41, 5.74) is 35.7. The Hall–Kier alpha value is -8.00. The minimum atomic E-state index is -1.71. The molecule has 0 spiro atoms. The Bertz CT molecular complexity index is 2420. The number of aromatic hydroxyl groups is 1. The fourth-order valence-corrected chi connectivity index (χ4v) is 7.52. The van der Waals surface area contributed by atoms with Crippen LogP contribution in [0, 0.1) is 5.92 Å². The van der Waals surface area contributed by atoms with Gasteiger partial charge in [0.15, 0.2) is 11.9 Å². The van der Waals surface area contributed by atoms with Gasteiger partial charge in [0.05, 0.1) is 12.1 Å². The Labute approximate surface area is 421 Å². The molecule has 0 aliphatic carbocycles. The lowest BCUT2D eigenvalue weighted by Crippen LogP contribution is -2.61. The number of H-pyrrole nitrogens is 1. The minimum absolute atomic E-state index is 0.00249. The van der Waals surface area contributed by atoms with E-state index in [0.29, 0.717) is 5.56 Å². The van der Waals surface area contributed by atoms with Gasteiger partial charge in [0, 0.05) is 43.0 Å². The number of guanidine groups is 2. The van der Waals surface area contributed by atoms with E-state index in [0.717, 1.165) is 16.5 Å². The SMILES string of the molecule is CC(C)C[C@H](NC(=O)[C@@H](N)Cc1c[nH]c2ccccc12)C(=O)N[C@H](C(=O)N[C@@H](CCCN=C(N)N)C(=O)N[C@@H](CCC(N)=O)C(=O)N[C@@H](CCCN=C(N)N)C(=O)N[C@@H](Cc1ccc(O)cc1)C(=O)O)[C@@H](C)O. The van der Waals surface area contributed by atoms with Gasteiger partial charge in [-0.15, -0.1) is 0 Å². The van der Waals surface area contributed by atoms with Crippen LogP contribution in [0.5, 0.6) is 5.75 Å². The standard InChI is InChI=1S/C47H71N15O11/c1-24(2)20-35(60-39(66)30(48)22-27-23-56-31-9-5-4-8-29(27)31)43(70)62-38(25(3)63)44(71)59-33(11-7-19-55-47(52)53)40(67)58-34(16-17-37(49)65)42(69)57-32(10-6-18-54-46(50)51)41(68)61-36(45(72)73)21-26-12-14-28(64)15-13-26/h4-5,8-9,12-15,23-25,30,32-36,38,56,63-64H,6-7,10-11,16-22,48H2,1-3H3,(H2,49,65)(H,57,69)(H,58,67)(H,59,71)(H,60,66)(H,61,68)(H,62,70)(H,72,73)(H4,50,51,54)(H4,52,53,55)/t25-,30+,32+,33+,34+,35+,36+,38+/m1/s1. The lowest BCUT2D eigenvalue weighted by molar-refractivity contribution is -0.142. The number of carboxylic acid groups (broad SMARTS) is 1. The van der Waals surface area contributed by atoms with Gasteiger partial charge in [-0.25, -0.2) is 4.79 Å². The third-order valence-corrected chi connectivity index (χ3v) is 11.3. The number of rotatable bonds is 31. The van der Waals surface area contributed by atoms with Crippen molar-refractivity contribution in [1.82, 2.24) is 36.9 Å². The molecule has 0 fully saturated rings. The van der Waals surface area contributed by atoms with Crippen molar-refractivity contribution < 1.29 is 53.7 Å². The molecule has 3 rings (SSSR count). The van der Waals surface area contributed by atoms with Crippen LogP contribution in [0.3, 0.4) is 0 Å². The number of primary amides is 1. The van der Waals surface area contributed by atoms with Gasteiger partial charge in [-0.1, -0.05) is 44.2 Å². The third kappa shape index (κ3) is 20.7. The first kappa shape index (κ1) is 59.3. The molecule has 0 aliphatic heterocycles. The molecule has 26 nitrogen and oxygen atoms in total. The number of nitrogens with two attached hydrogens (primary N) is 6. The van der Waals surface area contributed by atoms with E-state index in [1.807, 2.05) is 24.3 Å². The lowest BCUT2D eigenvalue weighted by atomic mass is 10.0. The summed E-state index contributed by atoms with van der Waals surface area (Å²) in [5.74, 6) is -8.50. The topological polar surface area (TPSA) is 466 Å². The number of aliphatic imine (C=N–C) groups is 2. The summed E-state index contributed by atoms with van der Waals surface area (Å²) in [6.07, 6.45) is -0.834. The smallest absolute Gasteiger partial charge is 0.326 e. The number of nitrogens with zero attached hydrogens (tertiary/aromatic N) is 2. The van der Waals surface area contributed by atoms with Crippen molar-refractivity contribution in [3.05, 3.63) is 65.9 Å². The Morgan fingerprint density at radius 2 is 1.11 bits per heavy atom. The molecular formula is C47H71N15O11. The molecule has 0 bridgehead atoms. The van der Waals surface area contributed by atoms with Gasteiger partial charge in [0.2, 0.25) is 41.4 Å². The molecule has 73 heavy (non-hydrogen) atoms. The molecule has 400 valence electrons. The summed E-state index contributed by atoms with van der Waals surface area (Å²) in [6, 6.07) is 2.98. The van der Waals surface area contributed by atoms with E-state index >= 15 is 0 Å². The first-order valence-electron chi connectivity index (χ1n) is 23.7. The van der Waals surface area contributed by atoms with Gasteiger partial charge in [0.1, 0.15) is 42.0 Å². The molecule has 1 aromatic heterocycles. The number of aliphatic carboxylic acids is 1. The average Bonchev–Trinajstić information content (AvgIpc) is 3.72. The maximum Gasteiger partial charge on any atom is 0.326 e. The molecule has 2 aromatic carbocycles. The van der Waals surface area contributed by atoms with Crippen LogP contribution in [-0.2, 0) is 51.2 Å². The van der Waals surface area contributed by atoms with E-state index in [1.165, 1.54) is 31.2 Å². The number of aromatic nitrogens is 1. The molecular weight excluding hydrogens is 951 g/mol. The van der Waals surface area contributed by atoms with E-state index in [2.05, 4.69) is 46.9 Å². The minimum Gasteiger partial charge on any atom is -0.508 e. The maximum atomic E-state index is 14.2. The fourth-order valence-electron chi connectivity index (χ4n) is 7.52. The van der Waals surface area contributed by atoms with Crippen LogP contribution >= 0.6 is 0 Å². The number of aromatic amines is 1. The van der Waals surface area contributed by atoms with E-state index in [-0.39, 0.29) is 81.6 Å². The second-order valence-corrected chi connectivity index (χ2v) is 17.9. The van der Waals surface area contributed by atoms with Crippen LogP contribution in [0.4, 0.5) is 0 Å². The van der Waals surface area contributed by atoms with Gasteiger partial charge in [0.25, 0.3) is 0 Å². The highest BCUT2D eigenvalue weighted by Crippen LogP contribution is 2.19. The molecule has 0 saturated carbocycles. The third-order valence-electron chi connectivity index (χ3n) is 11.3. The van der Waals surface area contributed by atoms with Gasteiger partial charge >= 0.3 is 5.97 Å². The summed E-state index contributed by atoms with van der Waals surface area (Å²) >= 11 is 0. The van der Waals surface area contributed by atoms with Crippen LogP contribution in [-0.4, -0.2) is 141 Å². The number of carboxylic acids is 1. The molecule has 0 unspecified atom stereocenters. The quantitative estimate of drug-likeness (QED) is 0.0171. The number of carbonyl (C=O) groups excluding carboxylic acids is 7. The first-order valence-corrected chi connectivity index (χ1v) is 23.7. The summed E-state index contributed by atoms with van der Waals surface area (Å²) in [4.78, 5) is 118. The predicted octanol–water partition coefficient (Wildman–Crippen LogP) is -3.22. The summed E-state index contributed by atoms with van der Waals surface area (Å²) in [6.45, 7) is 4.80. The number of phenolic OH excluding ortho intramolecular Hbond substituents is 1. The maximum absolute atomic E-state index is 14.2. The highest BCUT2D eigenvalue weighted by Gasteiger charge is 2.35. The monoisotopic (exact) mass is 1020 g/mol. The number of aliphatic hydroxyl groups is 1. The van der Waals surface area contributed by atoms with Gasteiger partial charge in [-0.2, -0.15) is 0 Å². The van der Waals surface area contributed by atoms with Gasteiger partial charge in [-0.05, 0) is 87.1 Å². The Morgan fingerprint density at radius 1 is 0.616 bits per heavy atom. The highest BCUT2D eigenvalue weighted by molar-refractivity contribution is 5.97. The van der Waals surface area contributed by atoms with E-state index in [4.69, 9.17) is 34.4 Å². The van der Waals surface area contributed by atoms with E-state index < -0.39 is 109 Å². The molecule has 7 amide bonds. The Balaban J connectivity index is 1.86. The van der Waals surface area contributed by atoms with Crippen molar-refractivity contribution in [3.63, 3.8) is 0 Å². The molecule has 1 heterocycles. The van der Waals surface area contributed by atoms with Crippen molar-refractivity contribution >= 4 is 70.1 Å². The number of fused-ring (bicyclic) bond motifs is 1. The Morgan fingerprint density at radius 3 is 1.62 bits per heavy atom. The van der Waals surface area contributed by atoms with E-state index in [1.54, 1.807) is 20.0 Å². The number of benzene rings is 2.